The topological polar surface area (TPSA) is 77.8 Å². The van der Waals surface area contributed by atoms with Crippen LogP contribution in [0.5, 0.6) is 17.2 Å². The van der Waals surface area contributed by atoms with E-state index in [0.29, 0.717) is 5.56 Å². The van der Waals surface area contributed by atoms with Crippen LogP contribution in [0.2, 0.25) is 0 Å². The minimum Gasteiger partial charge on any atom is -1.00 e. The molecule has 4 nitrogen and oxygen atoms in total. The fourth-order valence-electron chi connectivity index (χ4n) is 2.66. The summed E-state index contributed by atoms with van der Waals surface area (Å²) in [5.41, 5.74) is 3.39. The molecule has 0 fully saturated rings. The molecule has 0 spiro atoms. The zero-order valence-electron chi connectivity index (χ0n) is 16.6. The van der Waals surface area contributed by atoms with Crippen molar-refractivity contribution in [1.29, 1.82) is 0 Å². The third-order valence-electron chi connectivity index (χ3n) is 3.95. The number of carbonyl (C=O) groups excluding carboxylic acids is 1. The first-order valence-corrected chi connectivity index (χ1v) is 8.68. The Bertz CT molecular complexity index is 770. The second kappa shape index (κ2) is 7.83. The van der Waals surface area contributed by atoms with Crippen molar-refractivity contribution in [2.45, 2.75) is 40.0 Å². The molecule has 0 saturated carbocycles. The van der Waals surface area contributed by atoms with Crippen LogP contribution in [0.25, 0.3) is 0 Å². The third kappa shape index (κ3) is 4.79. The molecule has 0 amide bonds. The number of carbonyl (C=O) groups is 1. The summed E-state index contributed by atoms with van der Waals surface area (Å²) in [6.45, 7) is 10.2. The minimum absolute atomic E-state index is 0. The summed E-state index contributed by atoms with van der Waals surface area (Å²) < 4.78 is 0. The first kappa shape index (κ1) is 21.6. The molecule has 2 aromatic carbocycles. The van der Waals surface area contributed by atoms with Crippen molar-refractivity contribution in [3.8, 4) is 17.2 Å². The van der Waals surface area contributed by atoms with Crippen LogP contribution in [0.15, 0.2) is 24.3 Å². The normalized spacial score (nSPS) is 11.6. The largest absolute Gasteiger partial charge is 1.00 e. The van der Waals surface area contributed by atoms with Gasteiger partial charge >= 0.3 is 18.9 Å². The zero-order chi connectivity index (χ0) is 18.2. The van der Waals surface area contributed by atoms with E-state index in [4.69, 9.17) is 0 Å². The van der Waals surface area contributed by atoms with Crippen molar-refractivity contribution in [2.75, 3.05) is 0 Å². The van der Waals surface area contributed by atoms with Crippen LogP contribution >= 0.6 is 8.58 Å². The van der Waals surface area contributed by atoms with E-state index < -0.39 is 8.58 Å². The van der Waals surface area contributed by atoms with Crippen molar-refractivity contribution in [3.63, 3.8) is 0 Å². The number of benzene rings is 2. The van der Waals surface area contributed by atoms with Crippen molar-refractivity contribution >= 4 is 19.4 Å². The molecular weight excluding hydrogens is 330 g/mol. The van der Waals surface area contributed by atoms with E-state index in [2.05, 4.69) is 20.8 Å². The van der Waals surface area contributed by atoms with E-state index in [1.54, 1.807) is 0 Å². The standard InChI is InChI=1S/C19H23O4P.Li.H/c1-10-6-12(19(3,4)5)7-11(2)16(10)18(23)24-17-14(21)8-13(20)9-15(17)22;;/h6-9,20-22,24H,1-5H3;;/q;+1;-1. The van der Waals surface area contributed by atoms with Gasteiger partial charge in [0.15, 0.2) is 5.52 Å². The second-order valence-electron chi connectivity index (χ2n) is 7.05. The molecule has 0 aromatic heterocycles. The summed E-state index contributed by atoms with van der Waals surface area (Å²) >= 11 is 0. The molecule has 0 heterocycles. The van der Waals surface area contributed by atoms with Crippen LogP contribution in [0.3, 0.4) is 0 Å². The average Bonchev–Trinajstić information content (AvgIpc) is 2.40. The van der Waals surface area contributed by atoms with Gasteiger partial charge in [-0.2, -0.15) is 0 Å². The van der Waals surface area contributed by atoms with Gasteiger partial charge in [-0.25, -0.2) is 0 Å². The molecule has 1 atom stereocenters. The summed E-state index contributed by atoms with van der Waals surface area (Å²) in [5.74, 6) is -0.797. The molecular formula is C19H24LiO4P. The summed E-state index contributed by atoms with van der Waals surface area (Å²) in [7, 11) is -0.424. The Morgan fingerprint density at radius 3 is 1.80 bits per heavy atom. The predicted molar refractivity (Wildman–Crippen MR) is 99.4 cm³/mol. The first-order chi connectivity index (χ1) is 11.0. The summed E-state index contributed by atoms with van der Waals surface area (Å²) in [4.78, 5) is 12.7. The van der Waals surface area contributed by atoms with Gasteiger partial charge < -0.3 is 16.7 Å². The van der Waals surface area contributed by atoms with Gasteiger partial charge in [0.25, 0.3) is 0 Å². The number of aryl methyl sites for hydroxylation is 2. The maximum absolute atomic E-state index is 12.7. The van der Waals surface area contributed by atoms with Gasteiger partial charge in [0.2, 0.25) is 0 Å². The molecule has 2 rings (SSSR count). The van der Waals surface area contributed by atoms with Crippen molar-refractivity contribution < 1.29 is 40.4 Å². The van der Waals surface area contributed by atoms with Crippen molar-refractivity contribution in [3.05, 3.63) is 46.5 Å². The first-order valence-electron chi connectivity index (χ1n) is 7.68. The zero-order valence-corrected chi connectivity index (χ0v) is 16.6. The van der Waals surface area contributed by atoms with Crippen LogP contribution in [0.4, 0.5) is 0 Å². The fourth-order valence-corrected chi connectivity index (χ4v) is 3.80. The molecule has 25 heavy (non-hydrogen) atoms. The molecule has 0 aliphatic rings. The molecule has 0 radical (unpaired) electrons. The van der Waals surface area contributed by atoms with E-state index >= 15 is 0 Å². The Kier molecular flexibility index (Phi) is 6.76. The molecule has 0 aliphatic carbocycles. The average molecular weight is 354 g/mol. The van der Waals surface area contributed by atoms with Crippen molar-refractivity contribution in [2.24, 2.45) is 0 Å². The number of rotatable bonds is 3. The number of phenols is 3. The summed E-state index contributed by atoms with van der Waals surface area (Å²) in [6.07, 6.45) is 0. The summed E-state index contributed by atoms with van der Waals surface area (Å²) in [6, 6.07) is 6.28. The summed E-state index contributed by atoms with van der Waals surface area (Å²) in [5, 5.41) is 29.3. The van der Waals surface area contributed by atoms with Crippen LogP contribution < -0.4 is 24.2 Å². The SMILES string of the molecule is Cc1cc(C(C)(C)C)cc(C)c1C(=O)Pc1c(O)cc(O)cc1O.[H-].[Li+]. The van der Waals surface area contributed by atoms with Gasteiger partial charge in [-0.1, -0.05) is 32.9 Å². The van der Waals surface area contributed by atoms with E-state index in [1.807, 2.05) is 26.0 Å². The minimum atomic E-state index is -0.424. The number of hydrogen-bond donors (Lipinski definition) is 3. The van der Waals surface area contributed by atoms with E-state index in [9.17, 15) is 20.1 Å². The quantitative estimate of drug-likeness (QED) is 0.567. The van der Waals surface area contributed by atoms with Crippen LogP contribution in [-0.4, -0.2) is 20.8 Å². The van der Waals surface area contributed by atoms with Gasteiger partial charge in [0.05, 0.1) is 5.30 Å². The molecule has 2 aromatic rings. The van der Waals surface area contributed by atoms with Crippen LogP contribution in [0, 0.1) is 13.8 Å². The molecule has 130 valence electrons. The molecule has 0 saturated heterocycles. The van der Waals surface area contributed by atoms with Gasteiger partial charge in [-0.3, -0.25) is 4.79 Å². The van der Waals surface area contributed by atoms with E-state index in [-0.39, 0.29) is 53.8 Å². The predicted octanol–water partition coefficient (Wildman–Crippen LogP) is 0.978. The Morgan fingerprint density at radius 2 is 1.40 bits per heavy atom. The maximum atomic E-state index is 12.7. The third-order valence-corrected chi connectivity index (χ3v) is 5.19. The molecule has 0 bridgehead atoms. The van der Waals surface area contributed by atoms with Crippen LogP contribution in [-0.2, 0) is 5.41 Å². The van der Waals surface area contributed by atoms with Crippen LogP contribution in [0.1, 0.15) is 49.2 Å². The van der Waals surface area contributed by atoms with Gasteiger partial charge in [0, 0.05) is 17.7 Å². The molecule has 6 heteroatoms. The van der Waals surface area contributed by atoms with E-state index in [1.165, 1.54) is 0 Å². The van der Waals surface area contributed by atoms with E-state index in [0.717, 1.165) is 28.8 Å². The Morgan fingerprint density at radius 1 is 0.960 bits per heavy atom. The smallest absolute Gasteiger partial charge is 1.00 e. The second-order valence-corrected chi connectivity index (χ2v) is 8.25. The maximum Gasteiger partial charge on any atom is 1.00 e. The Balaban J connectivity index is 0.00000312. The molecule has 1 unspecified atom stereocenters. The molecule has 3 N–H and O–H groups in total. The number of phenolic OH excluding ortho intramolecular Hbond substituents is 3. The number of hydrogen-bond acceptors (Lipinski definition) is 4. The van der Waals surface area contributed by atoms with Gasteiger partial charge in [-0.05, 0) is 44.5 Å². The fraction of sp³-hybridized carbons (Fsp3) is 0.316. The Labute approximate surface area is 163 Å². The molecule has 0 aliphatic heterocycles. The van der Waals surface area contributed by atoms with Gasteiger partial charge in [0.1, 0.15) is 17.2 Å². The monoisotopic (exact) mass is 354 g/mol. The van der Waals surface area contributed by atoms with Gasteiger partial charge in [-0.15, -0.1) is 0 Å². The Hall–Kier alpha value is -1.46. The number of aromatic hydroxyl groups is 3. The van der Waals surface area contributed by atoms with Crippen molar-refractivity contribution in [1.82, 2.24) is 0 Å².